The van der Waals surface area contributed by atoms with Crippen molar-refractivity contribution < 1.29 is 9.47 Å². The van der Waals surface area contributed by atoms with Gasteiger partial charge in [-0.1, -0.05) is 55.8 Å². The van der Waals surface area contributed by atoms with Crippen LogP contribution in [0.15, 0.2) is 65.6 Å². The fourth-order valence-corrected chi connectivity index (χ4v) is 2.58. The van der Waals surface area contributed by atoms with Crippen LogP contribution in [0.1, 0.15) is 36.7 Å². The van der Waals surface area contributed by atoms with Gasteiger partial charge < -0.3 is 14.5 Å². The molecule has 5 nitrogen and oxygen atoms in total. The number of aromatic amines is 1. The van der Waals surface area contributed by atoms with Gasteiger partial charge in [0.25, 0.3) is 5.56 Å². The van der Waals surface area contributed by atoms with E-state index < -0.39 is 0 Å². The van der Waals surface area contributed by atoms with Crippen molar-refractivity contribution in [1.82, 2.24) is 9.97 Å². The molecule has 0 bridgehead atoms. The zero-order valence-corrected chi connectivity index (χ0v) is 15.5. The van der Waals surface area contributed by atoms with Crippen LogP contribution in [0.25, 0.3) is 0 Å². The lowest BCUT2D eigenvalue weighted by atomic mass is 10.1. The van der Waals surface area contributed by atoms with Gasteiger partial charge in [-0.15, -0.1) is 0 Å². The van der Waals surface area contributed by atoms with Crippen LogP contribution in [0.2, 0.25) is 0 Å². The van der Waals surface area contributed by atoms with Crippen molar-refractivity contribution in [2.45, 2.75) is 32.8 Å². The monoisotopic (exact) mass is 364 g/mol. The SMILES string of the molecule is CCCCOc1ccc(Cc2ncc(OCc3ccccc3)c(=O)[nH]2)cc1. The first-order chi connectivity index (χ1) is 13.2. The third-order valence-electron chi connectivity index (χ3n) is 4.12. The minimum absolute atomic E-state index is 0.224. The Balaban J connectivity index is 1.58. The fraction of sp³-hybridized carbons (Fsp3) is 0.273. The summed E-state index contributed by atoms with van der Waals surface area (Å²) >= 11 is 0. The van der Waals surface area contributed by atoms with Gasteiger partial charge in [-0.3, -0.25) is 4.79 Å². The zero-order valence-electron chi connectivity index (χ0n) is 15.5. The highest BCUT2D eigenvalue weighted by atomic mass is 16.5. The van der Waals surface area contributed by atoms with E-state index in [0.717, 1.165) is 36.3 Å². The molecule has 140 valence electrons. The van der Waals surface area contributed by atoms with Crippen molar-refractivity contribution in [2.75, 3.05) is 6.61 Å². The molecule has 1 N–H and O–H groups in total. The average molecular weight is 364 g/mol. The van der Waals surface area contributed by atoms with Gasteiger partial charge in [0.1, 0.15) is 18.2 Å². The first-order valence-electron chi connectivity index (χ1n) is 9.21. The van der Waals surface area contributed by atoms with E-state index >= 15 is 0 Å². The molecular formula is C22H24N2O3. The second-order valence-corrected chi connectivity index (χ2v) is 6.32. The molecule has 1 aromatic heterocycles. The molecule has 3 rings (SSSR count). The van der Waals surface area contributed by atoms with E-state index in [-0.39, 0.29) is 11.3 Å². The Morgan fingerprint density at radius 2 is 1.74 bits per heavy atom. The number of nitrogens with zero attached hydrogens (tertiary/aromatic N) is 1. The number of rotatable bonds is 9. The highest BCUT2D eigenvalue weighted by molar-refractivity contribution is 5.29. The fourth-order valence-electron chi connectivity index (χ4n) is 2.58. The summed E-state index contributed by atoms with van der Waals surface area (Å²) in [6.45, 7) is 3.21. The summed E-state index contributed by atoms with van der Waals surface area (Å²) in [5, 5.41) is 0. The lowest BCUT2D eigenvalue weighted by Crippen LogP contribution is -2.15. The van der Waals surface area contributed by atoms with E-state index in [1.165, 1.54) is 6.20 Å². The van der Waals surface area contributed by atoms with Crippen molar-refractivity contribution >= 4 is 0 Å². The highest BCUT2D eigenvalue weighted by Gasteiger charge is 2.06. The van der Waals surface area contributed by atoms with Crippen LogP contribution in [0, 0.1) is 0 Å². The van der Waals surface area contributed by atoms with Crippen molar-refractivity contribution in [3.8, 4) is 11.5 Å². The third-order valence-corrected chi connectivity index (χ3v) is 4.12. The van der Waals surface area contributed by atoms with Gasteiger partial charge in [0.2, 0.25) is 5.75 Å². The molecule has 0 amide bonds. The molecule has 5 heteroatoms. The van der Waals surface area contributed by atoms with Gasteiger partial charge in [-0.05, 0) is 29.7 Å². The number of aromatic nitrogens is 2. The second kappa shape index (κ2) is 9.57. The van der Waals surface area contributed by atoms with E-state index in [1.54, 1.807) is 0 Å². The number of hydrogen-bond donors (Lipinski definition) is 1. The Morgan fingerprint density at radius 3 is 2.44 bits per heavy atom. The molecule has 0 saturated heterocycles. The average Bonchev–Trinajstić information content (AvgIpc) is 2.70. The summed E-state index contributed by atoms with van der Waals surface area (Å²) in [4.78, 5) is 19.3. The number of hydrogen-bond acceptors (Lipinski definition) is 4. The van der Waals surface area contributed by atoms with Crippen molar-refractivity contribution in [1.29, 1.82) is 0 Å². The van der Waals surface area contributed by atoms with Crippen LogP contribution < -0.4 is 15.0 Å². The standard InChI is InChI=1S/C22H24N2O3/c1-2-3-13-26-19-11-9-17(10-12-19)14-21-23-15-20(22(25)24-21)27-16-18-7-5-4-6-8-18/h4-12,15H,2-3,13-14,16H2,1H3,(H,23,24,25). The van der Waals surface area contributed by atoms with Crippen LogP contribution in [0.4, 0.5) is 0 Å². The topological polar surface area (TPSA) is 64.2 Å². The van der Waals surface area contributed by atoms with E-state index in [2.05, 4.69) is 16.9 Å². The van der Waals surface area contributed by atoms with Crippen molar-refractivity contribution in [2.24, 2.45) is 0 Å². The molecule has 0 radical (unpaired) electrons. The first kappa shape index (κ1) is 18.7. The Kier molecular flexibility index (Phi) is 6.63. The summed E-state index contributed by atoms with van der Waals surface area (Å²) in [5.41, 5.74) is 1.79. The number of benzene rings is 2. The zero-order chi connectivity index (χ0) is 18.9. The van der Waals surface area contributed by atoms with E-state index in [9.17, 15) is 4.79 Å². The van der Waals surface area contributed by atoms with Crippen LogP contribution in [-0.4, -0.2) is 16.6 Å². The first-order valence-corrected chi connectivity index (χ1v) is 9.21. The summed E-state index contributed by atoms with van der Waals surface area (Å²) in [7, 11) is 0. The van der Waals surface area contributed by atoms with Crippen LogP contribution in [0.3, 0.4) is 0 Å². The molecule has 0 spiro atoms. The quantitative estimate of drug-likeness (QED) is 0.580. The Labute approximate surface area is 159 Å². The van der Waals surface area contributed by atoms with Crippen LogP contribution in [0.5, 0.6) is 11.5 Å². The molecule has 0 aliphatic carbocycles. The van der Waals surface area contributed by atoms with Crippen molar-refractivity contribution in [3.05, 3.63) is 88.1 Å². The van der Waals surface area contributed by atoms with Crippen LogP contribution in [-0.2, 0) is 13.0 Å². The molecule has 3 aromatic rings. The lowest BCUT2D eigenvalue weighted by Gasteiger charge is -2.08. The van der Waals surface area contributed by atoms with Gasteiger partial charge >= 0.3 is 0 Å². The van der Waals surface area contributed by atoms with Gasteiger partial charge in [0.05, 0.1) is 12.8 Å². The van der Waals surface area contributed by atoms with Gasteiger partial charge in [-0.2, -0.15) is 0 Å². The smallest absolute Gasteiger partial charge is 0.293 e. The van der Waals surface area contributed by atoms with Gasteiger partial charge in [-0.25, -0.2) is 4.98 Å². The summed E-state index contributed by atoms with van der Waals surface area (Å²) in [6.07, 6.45) is 4.19. The predicted molar refractivity (Wildman–Crippen MR) is 105 cm³/mol. The largest absolute Gasteiger partial charge is 0.494 e. The van der Waals surface area contributed by atoms with E-state index in [1.807, 2.05) is 54.6 Å². The number of unbranched alkanes of at least 4 members (excludes halogenated alkanes) is 1. The molecule has 2 aromatic carbocycles. The molecular weight excluding hydrogens is 340 g/mol. The van der Waals surface area contributed by atoms with Crippen molar-refractivity contribution in [3.63, 3.8) is 0 Å². The van der Waals surface area contributed by atoms with E-state index in [4.69, 9.17) is 9.47 Å². The third kappa shape index (κ3) is 5.71. The minimum Gasteiger partial charge on any atom is -0.494 e. The highest BCUT2D eigenvalue weighted by Crippen LogP contribution is 2.15. The molecule has 0 fully saturated rings. The molecule has 0 atom stereocenters. The van der Waals surface area contributed by atoms with Crippen LogP contribution >= 0.6 is 0 Å². The maximum Gasteiger partial charge on any atom is 0.293 e. The number of nitrogens with one attached hydrogen (secondary N) is 1. The normalized spacial score (nSPS) is 10.6. The molecule has 0 saturated carbocycles. The molecule has 0 aliphatic heterocycles. The minimum atomic E-state index is -0.268. The lowest BCUT2D eigenvalue weighted by molar-refractivity contribution is 0.300. The Morgan fingerprint density at radius 1 is 0.963 bits per heavy atom. The maximum atomic E-state index is 12.2. The maximum absolute atomic E-state index is 12.2. The molecule has 0 unspecified atom stereocenters. The Hall–Kier alpha value is -3.08. The summed E-state index contributed by atoms with van der Waals surface area (Å²) < 4.78 is 11.2. The predicted octanol–water partition coefficient (Wildman–Crippen LogP) is 4.12. The summed E-state index contributed by atoms with van der Waals surface area (Å²) in [5.74, 6) is 1.69. The second-order valence-electron chi connectivity index (χ2n) is 6.32. The molecule has 1 heterocycles. The van der Waals surface area contributed by atoms with Gasteiger partial charge in [0.15, 0.2) is 0 Å². The van der Waals surface area contributed by atoms with E-state index in [0.29, 0.717) is 18.9 Å². The molecule has 27 heavy (non-hydrogen) atoms. The van der Waals surface area contributed by atoms with Gasteiger partial charge in [0, 0.05) is 6.42 Å². The summed E-state index contributed by atoms with van der Waals surface area (Å²) in [6, 6.07) is 17.6. The Bertz CT molecular complexity index is 889. The number of H-pyrrole nitrogens is 1. The number of ether oxygens (including phenoxy) is 2. The molecule has 0 aliphatic rings.